The molecule has 3 heteroatoms. The highest BCUT2D eigenvalue weighted by Gasteiger charge is 2.19. The van der Waals surface area contributed by atoms with E-state index in [1.165, 1.54) is 12.8 Å². The van der Waals surface area contributed by atoms with Crippen molar-refractivity contribution < 1.29 is 0 Å². The van der Waals surface area contributed by atoms with Gasteiger partial charge in [0.1, 0.15) is 0 Å². The van der Waals surface area contributed by atoms with E-state index < -0.39 is 0 Å². The Morgan fingerprint density at radius 3 is 2.86 bits per heavy atom. The zero-order valence-electron chi connectivity index (χ0n) is 8.53. The van der Waals surface area contributed by atoms with E-state index >= 15 is 0 Å². The summed E-state index contributed by atoms with van der Waals surface area (Å²) in [6.07, 6.45) is 4.19. The second-order valence-electron chi connectivity index (χ2n) is 4.16. The Kier molecular flexibility index (Phi) is 2.68. The maximum Gasteiger partial charge on any atom is 0.0574 e. The fourth-order valence-corrected chi connectivity index (χ4v) is 1.87. The molecule has 3 nitrogen and oxygen atoms in total. The third-order valence-corrected chi connectivity index (χ3v) is 2.83. The monoisotopic (exact) mass is 191 g/mol. The molecule has 1 saturated heterocycles. The standard InChI is InChI=1S/C11H17N3/c1-8-2-4-10(13-6-8)11-5-3-9(12)7-14-11/h3,5,7-8,10,13H,2,4,6,12H2,1H3. The number of nitrogens with zero attached hydrogens (tertiary/aromatic N) is 1. The van der Waals surface area contributed by atoms with Crippen molar-refractivity contribution in [3.8, 4) is 0 Å². The summed E-state index contributed by atoms with van der Waals surface area (Å²) in [4.78, 5) is 4.34. The van der Waals surface area contributed by atoms with E-state index in [2.05, 4.69) is 17.2 Å². The molecule has 1 fully saturated rings. The number of hydrogen-bond donors (Lipinski definition) is 2. The fraction of sp³-hybridized carbons (Fsp3) is 0.545. The molecule has 0 spiro atoms. The second kappa shape index (κ2) is 3.96. The average molecular weight is 191 g/mol. The van der Waals surface area contributed by atoms with Gasteiger partial charge in [0.15, 0.2) is 0 Å². The topological polar surface area (TPSA) is 50.9 Å². The van der Waals surface area contributed by atoms with Crippen molar-refractivity contribution >= 4 is 5.69 Å². The van der Waals surface area contributed by atoms with Crippen LogP contribution in [0.3, 0.4) is 0 Å². The lowest BCUT2D eigenvalue weighted by molar-refractivity contribution is 0.328. The number of pyridine rings is 1. The molecule has 3 N–H and O–H groups in total. The predicted molar refractivity (Wildman–Crippen MR) is 57.8 cm³/mol. The number of anilines is 1. The highest BCUT2D eigenvalue weighted by molar-refractivity contribution is 5.35. The molecule has 2 heterocycles. The normalized spacial score (nSPS) is 27.5. The lowest BCUT2D eigenvalue weighted by Crippen LogP contribution is -2.32. The minimum Gasteiger partial charge on any atom is -0.397 e. The van der Waals surface area contributed by atoms with E-state index in [0.717, 1.165) is 23.8 Å². The van der Waals surface area contributed by atoms with Gasteiger partial charge in [-0.3, -0.25) is 4.98 Å². The first kappa shape index (κ1) is 9.46. The van der Waals surface area contributed by atoms with Crippen LogP contribution in [0.15, 0.2) is 18.3 Å². The zero-order chi connectivity index (χ0) is 9.97. The Bertz CT molecular complexity index is 286. The Morgan fingerprint density at radius 1 is 1.43 bits per heavy atom. The van der Waals surface area contributed by atoms with Gasteiger partial charge in [-0.1, -0.05) is 6.92 Å². The third kappa shape index (κ3) is 2.04. The SMILES string of the molecule is CC1CCC(c2ccc(N)cn2)NC1. The van der Waals surface area contributed by atoms with E-state index in [-0.39, 0.29) is 0 Å². The molecule has 2 rings (SSSR count). The average Bonchev–Trinajstić information content (AvgIpc) is 2.21. The molecule has 0 saturated carbocycles. The van der Waals surface area contributed by atoms with Crippen LogP contribution in [0.5, 0.6) is 0 Å². The first-order valence-corrected chi connectivity index (χ1v) is 5.20. The Labute approximate surface area is 84.7 Å². The molecule has 1 aliphatic rings. The zero-order valence-corrected chi connectivity index (χ0v) is 8.53. The van der Waals surface area contributed by atoms with E-state index in [1.807, 2.05) is 12.1 Å². The molecular formula is C11H17N3. The third-order valence-electron chi connectivity index (χ3n) is 2.83. The number of piperidine rings is 1. The van der Waals surface area contributed by atoms with Gasteiger partial charge in [-0.15, -0.1) is 0 Å². The lowest BCUT2D eigenvalue weighted by Gasteiger charge is -2.27. The van der Waals surface area contributed by atoms with E-state index in [9.17, 15) is 0 Å². The van der Waals surface area contributed by atoms with Crippen molar-refractivity contribution in [2.45, 2.75) is 25.8 Å². The van der Waals surface area contributed by atoms with Crippen LogP contribution in [0.2, 0.25) is 0 Å². The van der Waals surface area contributed by atoms with Gasteiger partial charge < -0.3 is 11.1 Å². The quantitative estimate of drug-likeness (QED) is 0.710. The number of nitrogens with one attached hydrogen (secondary N) is 1. The highest BCUT2D eigenvalue weighted by atomic mass is 15.0. The molecule has 1 aliphatic heterocycles. The molecule has 0 radical (unpaired) electrons. The summed E-state index contributed by atoms with van der Waals surface area (Å²) in [5.74, 6) is 0.792. The summed E-state index contributed by atoms with van der Waals surface area (Å²) in [7, 11) is 0. The highest BCUT2D eigenvalue weighted by Crippen LogP contribution is 2.24. The molecule has 0 amide bonds. The summed E-state index contributed by atoms with van der Waals surface area (Å²) in [6.45, 7) is 3.37. The van der Waals surface area contributed by atoms with Crippen molar-refractivity contribution in [1.29, 1.82) is 0 Å². The van der Waals surface area contributed by atoms with E-state index in [1.54, 1.807) is 6.20 Å². The van der Waals surface area contributed by atoms with Crippen molar-refractivity contribution in [3.05, 3.63) is 24.0 Å². The van der Waals surface area contributed by atoms with Crippen molar-refractivity contribution in [3.63, 3.8) is 0 Å². The molecule has 76 valence electrons. The van der Waals surface area contributed by atoms with Crippen molar-refractivity contribution in [2.24, 2.45) is 5.92 Å². The summed E-state index contributed by atoms with van der Waals surface area (Å²) >= 11 is 0. The number of aromatic nitrogens is 1. The van der Waals surface area contributed by atoms with Crippen molar-refractivity contribution in [1.82, 2.24) is 10.3 Å². The predicted octanol–water partition coefficient (Wildman–Crippen LogP) is 1.72. The Hall–Kier alpha value is -1.09. The Morgan fingerprint density at radius 2 is 2.29 bits per heavy atom. The van der Waals surface area contributed by atoms with Gasteiger partial charge in [-0.05, 0) is 37.4 Å². The van der Waals surface area contributed by atoms with E-state index in [0.29, 0.717) is 6.04 Å². The van der Waals surface area contributed by atoms with Gasteiger partial charge in [-0.2, -0.15) is 0 Å². The summed E-state index contributed by atoms with van der Waals surface area (Å²) in [5.41, 5.74) is 7.45. The smallest absolute Gasteiger partial charge is 0.0574 e. The molecule has 0 aliphatic carbocycles. The van der Waals surface area contributed by atoms with Gasteiger partial charge in [0.05, 0.1) is 17.6 Å². The number of rotatable bonds is 1. The van der Waals surface area contributed by atoms with Gasteiger partial charge >= 0.3 is 0 Å². The molecule has 2 unspecified atom stereocenters. The Balaban J connectivity index is 2.05. The van der Waals surface area contributed by atoms with E-state index in [4.69, 9.17) is 5.73 Å². The number of nitrogens with two attached hydrogens (primary N) is 1. The van der Waals surface area contributed by atoms with Crippen LogP contribution in [-0.4, -0.2) is 11.5 Å². The summed E-state index contributed by atoms with van der Waals surface area (Å²) < 4.78 is 0. The van der Waals surface area contributed by atoms with Crippen LogP contribution in [0.1, 0.15) is 31.5 Å². The number of nitrogen functional groups attached to an aromatic ring is 1. The summed E-state index contributed by atoms with van der Waals surface area (Å²) in [6, 6.07) is 4.36. The van der Waals surface area contributed by atoms with Crippen LogP contribution in [0.4, 0.5) is 5.69 Å². The van der Waals surface area contributed by atoms with Gasteiger partial charge in [0.2, 0.25) is 0 Å². The first-order chi connectivity index (χ1) is 6.75. The second-order valence-corrected chi connectivity index (χ2v) is 4.16. The minimum atomic E-state index is 0.423. The largest absolute Gasteiger partial charge is 0.397 e. The molecule has 0 bridgehead atoms. The maximum absolute atomic E-state index is 5.60. The van der Waals surface area contributed by atoms with Gasteiger partial charge in [0.25, 0.3) is 0 Å². The molecule has 14 heavy (non-hydrogen) atoms. The molecule has 1 aromatic heterocycles. The van der Waals surface area contributed by atoms with Crippen LogP contribution in [0.25, 0.3) is 0 Å². The molecular weight excluding hydrogens is 174 g/mol. The first-order valence-electron chi connectivity index (χ1n) is 5.20. The fourth-order valence-electron chi connectivity index (χ4n) is 1.87. The maximum atomic E-state index is 5.60. The van der Waals surface area contributed by atoms with Crippen molar-refractivity contribution in [2.75, 3.05) is 12.3 Å². The minimum absolute atomic E-state index is 0.423. The molecule has 0 aromatic carbocycles. The number of hydrogen-bond acceptors (Lipinski definition) is 3. The van der Waals surface area contributed by atoms with Crippen LogP contribution in [-0.2, 0) is 0 Å². The van der Waals surface area contributed by atoms with Crippen LogP contribution < -0.4 is 11.1 Å². The molecule has 1 aromatic rings. The van der Waals surface area contributed by atoms with Crippen LogP contribution in [0, 0.1) is 5.92 Å². The summed E-state index contributed by atoms with van der Waals surface area (Å²) in [5, 5.41) is 3.50. The molecule has 2 atom stereocenters. The van der Waals surface area contributed by atoms with Crippen LogP contribution >= 0.6 is 0 Å². The lowest BCUT2D eigenvalue weighted by atomic mass is 9.94. The van der Waals surface area contributed by atoms with Gasteiger partial charge in [0, 0.05) is 6.04 Å². The van der Waals surface area contributed by atoms with Gasteiger partial charge in [-0.25, -0.2) is 0 Å².